The zero-order valence-electron chi connectivity index (χ0n) is 11.0. The van der Waals surface area contributed by atoms with Crippen LogP contribution in [0.15, 0.2) is 17.4 Å². The molecule has 0 amide bonds. The Morgan fingerprint density at radius 1 is 1.48 bits per heavy atom. The van der Waals surface area contributed by atoms with Crippen LogP contribution in [0.25, 0.3) is 11.2 Å². The average molecular weight is 329 g/mol. The number of ether oxygens (including phenoxy) is 1. The largest absolute Gasteiger partial charge is 0.481 e. The molecule has 9 heteroatoms. The molecule has 0 unspecified atom stereocenters. The second kappa shape index (κ2) is 6.08. The first-order chi connectivity index (χ1) is 10.1. The van der Waals surface area contributed by atoms with Gasteiger partial charge in [0.2, 0.25) is 0 Å². The van der Waals surface area contributed by atoms with E-state index >= 15 is 0 Å². The summed E-state index contributed by atoms with van der Waals surface area (Å²) in [7, 11) is 0. The highest BCUT2D eigenvalue weighted by atomic mass is 35.5. The molecule has 0 aromatic carbocycles. The molecule has 0 bridgehead atoms. The Kier molecular flexibility index (Phi) is 4.18. The van der Waals surface area contributed by atoms with E-state index in [-0.39, 0.29) is 5.75 Å². The van der Waals surface area contributed by atoms with Crippen molar-refractivity contribution in [3.05, 3.63) is 17.3 Å². The number of aromatic nitrogens is 3. The van der Waals surface area contributed by atoms with Crippen LogP contribution < -0.4 is 5.01 Å². The molecule has 0 spiro atoms. The van der Waals surface area contributed by atoms with Gasteiger partial charge in [0.05, 0.1) is 37.1 Å². The lowest BCUT2D eigenvalue weighted by Gasteiger charge is -2.30. The molecule has 0 atom stereocenters. The topological polar surface area (TPSA) is 80.5 Å². The van der Waals surface area contributed by atoms with Gasteiger partial charge in [-0.05, 0) is 6.07 Å². The van der Waals surface area contributed by atoms with Gasteiger partial charge in [0, 0.05) is 6.20 Å². The molecule has 1 N–H and O–H groups in total. The molecule has 1 aliphatic rings. The van der Waals surface area contributed by atoms with Gasteiger partial charge in [-0.2, -0.15) is 0 Å². The van der Waals surface area contributed by atoms with E-state index in [4.69, 9.17) is 21.4 Å². The highest BCUT2D eigenvalue weighted by Crippen LogP contribution is 2.25. The number of nitrogens with zero attached hydrogens (tertiary/aromatic N) is 4. The van der Waals surface area contributed by atoms with E-state index in [2.05, 4.69) is 15.0 Å². The van der Waals surface area contributed by atoms with Crippen LogP contribution in [-0.4, -0.2) is 57.8 Å². The van der Waals surface area contributed by atoms with Gasteiger partial charge in [-0.1, -0.05) is 23.4 Å². The number of rotatable bonds is 4. The Balaban J connectivity index is 2.03. The van der Waals surface area contributed by atoms with Crippen LogP contribution in [-0.2, 0) is 9.53 Å². The quantitative estimate of drug-likeness (QED) is 0.845. The predicted octanol–water partition coefficient (Wildman–Crippen LogP) is 1.23. The third-order valence-corrected chi connectivity index (χ3v) is 4.13. The van der Waals surface area contributed by atoms with Gasteiger partial charge in [-0.25, -0.2) is 14.6 Å². The maximum absolute atomic E-state index is 10.8. The molecule has 1 fully saturated rings. The first-order valence-electron chi connectivity index (χ1n) is 6.37. The predicted molar refractivity (Wildman–Crippen MR) is 79.7 cm³/mol. The summed E-state index contributed by atoms with van der Waals surface area (Å²) >= 11 is 7.11. The number of halogens is 1. The number of imidazole rings is 1. The molecule has 112 valence electrons. The summed E-state index contributed by atoms with van der Waals surface area (Å²) in [5, 5.41) is 12.0. The van der Waals surface area contributed by atoms with E-state index in [0.29, 0.717) is 47.6 Å². The third-order valence-electron chi connectivity index (χ3n) is 3.01. The fourth-order valence-electron chi connectivity index (χ4n) is 2.14. The first-order valence-corrected chi connectivity index (χ1v) is 7.73. The first kappa shape index (κ1) is 14.4. The Morgan fingerprint density at radius 2 is 2.24 bits per heavy atom. The summed E-state index contributed by atoms with van der Waals surface area (Å²) in [4.78, 5) is 19.6. The highest BCUT2D eigenvalue weighted by Gasteiger charge is 2.20. The van der Waals surface area contributed by atoms with E-state index in [0.717, 1.165) is 0 Å². The maximum Gasteiger partial charge on any atom is 0.313 e. The number of aliphatic carboxylic acids is 1. The van der Waals surface area contributed by atoms with Crippen molar-refractivity contribution in [2.75, 3.05) is 37.1 Å². The molecule has 0 saturated carbocycles. The zero-order valence-corrected chi connectivity index (χ0v) is 12.6. The van der Waals surface area contributed by atoms with E-state index in [1.54, 1.807) is 12.3 Å². The Morgan fingerprint density at radius 3 is 2.95 bits per heavy atom. The van der Waals surface area contributed by atoms with Crippen molar-refractivity contribution in [1.29, 1.82) is 0 Å². The smallest absolute Gasteiger partial charge is 0.313 e. The number of carboxylic acid groups (broad SMARTS) is 1. The summed E-state index contributed by atoms with van der Waals surface area (Å²) in [5.41, 5.74) is 1.33. The number of hydrogen-bond donors (Lipinski definition) is 1. The molecule has 1 aliphatic heterocycles. The summed E-state index contributed by atoms with van der Waals surface area (Å²) in [6, 6.07) is 1.73. The Labute approximate surface area is 129 Å². The van der Waals surface area contributed by atoms with Gasteiger partial charge in [-0.3, -0.25) is 4.79 Å². The van der Waals surface area contributed by atoms with Crippen LogP contribution in [0.5, 0.6) is 0 Å². The zero-order chi connectivity index (χ0) is 14.8. The van der Waals surface area contributed by atoms with E-state index in [1.165, 1.54) is 11.8 Å². The Hall–Kier alpha value is -1.51. The molecular weight excluding hydrogens is 316 g/mol. The van der Waals surface area contributed by atoms with Gasteiger partial charge >= 0.3 is 5.97 Å². The van der Waals surface area contributed by atoms with Gasteiger partial charge in [0.1, 0.15) is 5.52 Å². The van der Waals surface area contributed by atoms with E-state index in [1.807, 2.05) is 4.68 Å². The molecule has 1 saturated heterocycles. The molecule has 0 radical (unpaired) electrons. The third kappa shape index (κ3) is 3.07. The van der Waals surface area contributed by atoms with Crippen molar-refractivity contribution in [3.63, 3.8) is 0 Å². The average Bonchev–Trinajstić information content (AvgIpc) is 2.83. The summed E-state index contributed by atoms with van der Waals surface area (Å²) in [6.07, 6.45) is 1.56. The van der Waals surface area contributed by atoms with Crippen LogP contribution >= 0.6 is 23.4 Å². The SMILES string of the molecule is O=C(O)CSc1nc2cc(Cl)cnc2n1N1CCOCC1. The number of thioether (sulfide) groups is 1. The van der Waals surface area contributed by atoms with Crippen molar-refractivity contribution in [2.24, 2.45) is 0 Å². The van der Waals surface area contributed by atoms with Gasteiger partial charge in [0.25, 0.3) is 0 Å². The minimum Gasteiger partial charge on any atom is -0.481 e. The second-order valence-corrected chi connectivity index (χ2v) is 5.83. The van der Waals surface area contributed by atoms with Crippen molar-refractivity contribution in [3.8, 4) is 0 Å². The fraction of sp³-hybridized carbons (Fsp3) is 0.417. The molecule has 3 rings (SSSR count). The lowest BCUT2D eigenvalue weighted by molar-refractivity contribution is -0.133. The lowest BCUT2D eigenvalue weighted by Crippen LogP contribution is -2.44. The summed E-state index contributed by atoms with van der Waals surface area (Å²) < 4.78 is 7.21. The lowest BCUT2D eigenvalue weighted by atomic mass is 10.4. The molecule has 7 nitrogen and oxygen atoms in total. The summed E-state index contributed by atoms with van der Waals surface area (Å²) in [5.74, 6) is -0.937. The standard InChI is InChI=1S/C12H13ClN4O3S/c13-8-5-9-11(14-6-8)17(16-1-3-20-4-2-16)12(15-9)21-7-10(18)19/h5-6H,1-4,7H2,(H,18,19). The minimum atomic E-state index is -0.883. The normalized spacial score (nSPS) is 15.6. The molecule has 2 aromatic rings. The van der Waals surface area contributed by atoms with Crippen LogP contribution in [0.2, 0.25) is 5.02 Å². The number of pyridine rings is 1. The number of fused-ring (bicyclic) bond motifs is 1. The number of carboxylic acids is 1. The molecule has 2 aromatic heterocycles. The van der Waals surface area contributed by atoms with Crippen molar-refractivity contribution < 1.29 is 14.6 Å². The number of morpholine rings is 1. The van der Waals surface area contributed by atoms with E-state index in [9.17, 15) is 4.79 Å². The minimum absolute atomic E-state index is 0.0542. The number of hydrogen-bond acceptors (Lipinski definition) is 6. The van der Waals surface area contributed by atoms with Gasteiger partial charge in [-0.15, -0.1) is 0 Å². The van der Waals surface area contributed by atoms with Gasteiger partial charge < -0.3 is 14.9 Å². The van der Waals surface area contributed by atoms with Crippen LogP contribution in [0.3, 0.4) is 0 Å². The molecule has 3 heterocycles. The molecule has 21 heavy (non-hydrogen) atoms. The molecule has 0 aliphatic carbocycles. The van der Waals surface area contributed by atoms with Crippen molar-refractivity contribution in [1.82, 2.24) is 14.6 Å². The summed E-state index contributed by atoms with van der Waals surface area (Å²) in [6.45, 7) is 2.65. The number of carbonyl (C=O) groups is 1. The van der Waals surface area contributed by atoms with Crippen LogP contribution in [0.4, 0.5) is 0 Å². The highest BCUT2D eigenvalue weighted by molar-refractivity contribution is 7.99. The van der Waals surface area contributed by atoms with Crippen LogP contribution in [0, 0.1) is 0 Å². The van der Waals surface area contributed by atoms with E-state index < -0.39 is 5.97 Å². The monoisotopic (exact) mass is 328 g/mol. The van der Waals surface area contributed by atoms with Crippen LogP contribution in [0.1, 0.15) is 0 Å². The maximum atomic E-state index is 10.8. The molecular formula is C12H13ClN4O3S. The van der Waals surface area contributed by atoms with Crippen molar-refractivity contribution >= 4 is 40.5 Å². The Bertz CT molecular complexity index is 672. The van der Waals surface area contributed by atoms with Crippen molar-refractivity contribution in [2.45, 2.75) is 5.16 Å². The fourth-order valence-corrected chi connectivity index (χ4v) is 3.03. The van der Waals surface area contributed by atoms with Gasteiger partial charge in [0.15, 0.2) is 10.8 Å². The second-order valence-electron chi connectivity index (χ2n) is 4.45.